The van der Waals surface area contributed by atoms with E-state index in [1.807, 2.05) is 30.8 Å². The average molecular weight is 413 g/mol. The second kappa shape index (κ2) is 8.38. The lowest BCUT2D eigenvalue weighted by atomic mass is 9.97. The molecule has 154 valence electrons. The monoisotopic (exact) mass is 412 g/mol. The molecule has 3 aromatic heterocycles. The van der Waals surface area contributed by atoms with Gasteiger partial charge >= 0.3 is 0 Å². The highest BCUT2D eigenvalue weighted by molar-refractivity contribution is 7.19. The molecule has 0 bridgehead atoms. The third-order valence-electron chi connectivity index (χ3n) is 5.89. The molecule has 7 nitrogen and oxygen atoms in total. The molecular formula is C21H28N6OS. The molecule has 4 heterocycles. The molecule has 1 N–H and O–H groups in total. The summed E-state index contributed by atoms with van der Waals surface area (Å²) in [7, 11) is 2.04. The molecule has 0 aromatic carbocycles. The maximum Gasteiger partial charge on any atom is 0.146 e. The number of nitrogens with zero attached hydrogens (tertiary/aromatic N) is 5. The van der Waals surface area contributed by atoms with Gasteiger partial charge in [-0.1, -0.05) is 0 Å². The predicted molar refractivity (Wildman–Crippen MR) is 116 cm³/mol. The largest absolute Gasteiger partial charge is 0.379 e. The molecule has 0 unspecified atom stereocenters. The van der Waals surface area contributed by atoms with Gasteiger partial charge in [-0.2, -0.15) is 0 Å². The van der Waals surface area contributed by atoms with Gasteiger partial charge in [-0.3, -0.25) is 4.90 Å². The van der Waals surface area contributed by atoms with Gasteiger partial charge in [-0.15, -0.1) is 11.3 Å². The van der Waals surface area contributed by atoms with Crippen LogP contribution in [0.25, 0.3) is 10.2 Å². The first kappa shape index (κ1) is 19.0. The molecule has 8 heteroatoms. The molecule has 0 radical (unpaired) electrons. The lowest BCUT2D eigenvalue weighted by Crippen LogP contribution is -2.36. The van der Waals surface area contributed by atoms with E-state index < -0.39 is 0 Å². The van der Waals surface area contributed by atoms with Crippen LogP contribution in [-0.4, -0.2) is 57.3 Å². The second-order valence-corrected chi connectivity index (χ2v) is 8.98. The van der Waals surface area contributed by atoms with Crippen LogP contribution in [-0.2, 0) is 37.6 Å². The van der Waals surface area contributed by atoms with Gasteiger partial charge in [0.15, 0.2) is 0 Å². The van der Waals surface area contributed by atoms with Crippen LogP contribution in [0, 0.1) is 0 Å². The van der Waals surface area contributed by atoms with Crippen LogP contribution in [0.2, 0.25) is 0 Å². The SMILES string of the molecule is Cn1ccnc1CCNc1nc(CN2CCOCC2)nc2sc3c(c12)CCCC3. The quantitative estimate of drug-likeness (QED) is 0.672. The third kappa shape index (κ3) is 4.01. The maximum absolute atomic E-state index is 5.48. The Morgan fingerprint density at radius 3 is 2.86 bits per heavy atom. The van der Waals surface area contributed by atoms with Gasteiger partial charge in [0, 0.05) is 50.4 Å². The number of anilines is 1. The lowest BCUT2D eigenvalue weighted by Gasteiger charge is -2.25. The van der Waals surface area contributed by atoms with E-state index in [0.717, 1.165) is 74.5 Å². The molecule has 1 aliphatic carbocycles. The Hall–Kier alpha value is -2.03. The number of fused-ring (bicyclic) bond motifs is 3. The molecule has 29 heavy (non-hydrogen) atoms. The summed E-state index contributed by atoms with van der Waals surface area (Å²) in [5.41, 5.74) is 1.48. The van der Waals surface area contributed by atoms with Crippen LogP contribution < -0.4 is 5.32 Å². The zero-order valence-corrected chi connectivity index (χ0v) is 17.8. The van der Waals surface area contributed by atoms with Crippen molar-refractivity contribution in [1.29, 1.82) is 0 Å². The highest BCUT2D eigenvalue weighted by Crippen LogP contribution is 2.38. The Kier molecular flexibility index (Phi) is 5.48. The van der Waals surface area contributed by atoms with Crippen LogP contribution in [0.5, 0.6) is 0 Å². The average Bonchev–Trinajstić information content (AvgIpc) is 3.31. The fourth-order valence-corrected chi connectivity index (χ4v) is 5.57. The Balaban J connectivity index is 1.43. The Morgan fingerprint density at radius 2 is 2.03 bits per heavy atom. The van der Waals surface area contributed by atoms with Crippen molar-refractivity contribution < 1.29 is 4.74 Å². The number of thiophene rings is 1. The zero-order valence-electron chi connectivity index (χ0n) is 17.0. The van der Waals surface area contributed by atoms with Crippen molar-refractivity contribution in [2.75, 3.05) is 38.2 Å². The molecule has 5 rings (SSSR count). The van der Waals surface area contributed by atoms with Gasteiger partial charge in [0.05, 0.1) is 25.1 Å². The van der Waals surface area contributed by atoms with Crippen molar-refractivity contribution in [1.82, 2.24) is 24.4 Å². The number of aromatic nitrogens is 4. The summed E-state index contributed by atoms with van der Waals surface area (Å²) in [5.74, 6) is 3.01. The normalized spacial score (nSPS) is 17.6. The van der Waals surface area contributed by atoms with Gasteiger partial charge in [-0.05, 0) is 31.2 Å². The number of morpholine rings is 1. The Morgan fingerprint density at radius 1 is 1.17 bits per heavy atom. The van der Waals surface area contributed by atoms with Gasteiger partial charge in [0.1, 0.15) is 22.3 Å². The Bertz CT molecular complexity index is 991. The molecule has 0 amide bonds. The summed E-state index contributed by atoms with van der Waals surface area (Å²) in [4.78, 5) is 19.4. The number of ether oxygens (including phenoxy) is 1. The predicted octanol–water partition coefficient (Wildman–Crippen LogP) is 2.79. The van der Waals surface area contributed by atoms with E-state index in [2.05, 4.69) is 19.8 Å². The molecular weight excluding hydrogens is 384 g/mol. The van der Waals surface area contributed by atoms with E-state index in [1.165, 1.54) is 35.1 Å². The van der Waals surface area contributed by atoms with E-state index in [9.17, 15) is 0 Å². The van der Waals surface area contributed by atoms with E-state index in [1.54, 1.807) is 0 Å². The first-order chi connectivity index (χ1) is 14.3. The number of hydrogen-bond donors (Lipinski definition) is 1. The summed E-state index contributed by atoms with van der Waals surface area (Å²) >= 11 is 1.87. The number of hydrogen-bond acceptors (Lipinski definition) is 7. The van der Waals surface area contributed by atoms with Gasteiger partial charge in [-0.25, -0.2) is 15.0 Å². The van der Waals surface area contributed by atoms with Crippen LogP contribution in [0.1, 0.15) is 34.9 Å². The number of aryl methyl sites for hydroxylation is 3. The summed E-state index contributed by atoms with van der Waals surface area (Å²) in [5, 5.41) is 4.89. The van der Waals surface area contributed by atoms with Gasteiger partial charge < -0.3 is 14.6 Å². The number of imidazole rings is 1. The molecule has 0 saturated carbocycles. The van der Waals surface area contributed by atoms with E-state index >= 15 is 0 Å². The fourth-order valence-electron chi connectivity index (χ4n) is 4.29. The summed E-state index contributed by atoms with van der Waals surface area (Å²) in [6.45, 7) is 5.09. The molecule has 3 aromatic rings. The number of rotatable bonds is 6. The smallest absolute Gasteiger partial charge is 0.146 e. The fraction of sp³-hybridized carbons (Fsp3) is 0.571. The van der Waals surface area contributed by atoms with Crippen molar-refractivity contribution in [3.8, 4) is 0 Å². The molecule has 1 fully saturated rings. The minimum absolute atomic E-state index is 0.788. The summed E-state index contributed by atoms with van der Waals surface area (Å²) in [6, 6.07) is 0. The molecule has 1 aliphatic heterocycles. The van der Waals surface area contributed by atoms with Gasteiger partial charge in [0.2, 0.25) is 0 Å². The van der Waals surface area contributed by atoms with Crippen molar-refractivity contribution >= 4 is 27.4 Å². The van der Waals surface area contributed by atoms with E-state index in [-0.39, 0.29) is 0 Å². The lowest BCUT2D eigenvalue weighted by molar-refractivity contribution is 0.0331. The molecule has 0 spiro atoms. The van der Waals surface area contributed by atoms with Crippen LogP contribution >= 0.6 is 11.3 Å². The molecule has 0 atom stereocenters. The summed E-state index contributed by atoms with van der Waals surface area (Å²) < 4.78 is 7.56. The van der Waals surface area contributed by atoms with Crippen LogP contribution in [0.3, 0.4) is 0 Å². The maximum atomic E-state index is 5.48. The summed E-state index contributed by atoms with van der Waals surface area (Å²) in [6.07, 6.45) is 9.61. The zero-order chi connectivity index (χ0) is 19.6. The standard InChI is InChI=1S/C21H28N6OS/c1-26-9-8-22-18(26)6-7-23-20-19-15-4-2-3-5-16(15)29-21(19)25-17(24-20)14-27-10-12-28-13-11-27/h8-9H,2-7,10-14H2,1H3,(H,23,24,25). The minimum Gasteiger partial charge on any atom is -0.379 e. The topological polar surface area (TPSA) is 68.1 Å². The van der Waals surface area contributed by atoms with Crippen molar-refractivity contribution in [3.63, 3.8) is 0 Å². The van der Waals surface area contributed by atoms with Crippen molar-refractivity contribution in [2.45, 2.75) is 38.6 Å². The molecule has 2 aliphatic rings. The molecule has 1 saturated heterocycles. The van der Waals surface area contributed by atoms with Gasteiger partial charge in [0.25, 0.3) is 0 Å². The first-order valence-corrected chi connectivity index (χ1v) is 11.4. The van der Waals surface area contributed by atoms with Crippen LogP contribution in [0.4, 0.5) is 5.82 Å². The van der Waals surface area contributed by atoms with E-state index in [0.29, 0.717) is 0 Å². The highest BCUT2D eigenvalue weighted by atomic mass is 32.1. The third-order valence-corrected chi connectivity index (χ3v) is 7.08. The van der Waals surface area contributed by atoms with Crippen LogP contribution in [0.15, 0.2) is 12.4 Å². The second-order valence-electron chi connectivity index (χ2n) is 7.90. The Labute approximate surface area is 175 Å². The van der Waals surface area contributed by atoms with Crippen molar-refractivity contribution in [3.05, 3.63) is 34.5 Å². The van der Waals surface area contributed by atoms with E-state index in [4.69, 9.17) is 14.7 Å². The number of nitrogens with one attached hydrogen (secondary N) is 1. The first-order valence-electron chi connectivity index (χ1n) is 10.6. The minimum atomic E-state index is 0.788. The highest BCUT2D eigenvalue weighted by Gasteiger charge is 2.22. The van der Waals surface area contributed by atoms with Crippen molar-refractivity contribution in [2.24, 2.45) is 7.05 Å².